The predicted molar refractivity (Wildman–Crippen MR) is 47.0 cm³/mol. The average Bonchev–Trinajstić information content (AvgIpc) is 2.00. The van der Waals surface area contributed by atoms with Gasteiger partial charge in [-0.15, -0.1) is 11.6 Å². The van der Waals surface area contributed by atoms with Crippen LogP contribution in [0.3, 0.4) is 0 Å². The lowest BCUT2D eigenvalue weighted by Gasteiger charge is -2.05. The summed E-state index contributed by atoms with van der Waals surface area (Å²) in [6, 6.07) is -0.652. The molecular weight excluding hydrogens is 203 g/mol. The molecule has 0 bridgehead atoms. The molecular formula is C6H8Cl2N2O2. The second-order valence-corrected chi connectivity index (χ2v) is 2.70. The van der Waals surface area contributed by atoms with Gasteiger partial charge in [-0.05, 0) is 6.92 Å². The lowest BCUT2D eigenvalue weighted by atomic mass is 10.4. The van der Waals surface area contributed by atoms with E-state index in [9.17, 15) is 9.59 Å². The van der Waals surface area contributed by atoms with E-state index in [-0.39, 0.29) is 12.3 Å². The molecule has 12 heavy (non-hydrogen) atoms. The third-order valence-corrected chi connectivity index (χ3v) is 1.50. The van der Waals surface area contributed by atoms with Crippen LogP contribution in [0.2, 0.25) is 0 Å². The molecule has 0 spiro atoms. The van der Waals surface area contributed by atoms with E-state index in [0.717, 1.165) is 0 Å². The number of alkyl halides is 1. The van der Waals surface area contributed by atoms with Crippen molar-refractivity contribution in [3.8, 4) is 0 Å². The fourth-order valence-electron chi connectivity index (χ4n) is 0.438. The summed E-state index contributed by atoms with van der Waals surface area (Å²) in [7, 11) is 0. The lowest BCUT2D eigenvalue weighted by molar-refractivity contribution is -0.108. The standard InChI is InChI=1S/C6H8Cl2N2O2/c1-4(8)5(2-7)10-6(12)9-3-11/h3H,2H2,1H3,(H2,9,10,11,12)/b5-4+. The zero-order valence-electron chi connectivity index (χ0n) is 6.36. The van der Waals surface area contributed by atoms with Crippen molar-refractivity contribution in [3.05, 3.63) is 10.7 Å². The fraction of sp³-hybridized carbons (Fsp3) is 0.333. The first-order valence-corrected chi connectivity index (χ1v) is 3.95. The van der Waals surface area contributed by atoms with E-state index in [0.29, 0.717) is 10.7 Å². The molecule has 4 nitrogen and oxygen atoms in total. The van der Waals surface area contributed by atoms with Crippen LogP contribution in [-0.4, -0.2) is 18.3 Å². The van der Waals surface area contributed by atoms with Crippen LogP contribution in [0.25, 0.3) is 0 Å². The largest absolute Gasteiger partial charge is 0.325 e. The average molecular weight is 211 g/mol. The molecule has 0 aliphatic rings. The van der Waals surface area contributed by atoms with Gasteiger partial charge in [-0.3, -0.25) is 10.1 Å². The van der Waals surface area contributed by atoms with Crippen molar-refractivity contribution in [2.75, 3.05) is 5.88 Å². The van der Waals surface area contributed by atoms with Gasteiger partial charge >= 0.3 is 6.03 Å². The second-order valence-electron chi connectivity index (χ2n) is 1.86. The Bertz CT molecular complexity index is 212. The molecule has 6 heteroatoms. The number of hydrogen-bond donors (Lipinski definition) is 2. The number of amides is 3. The Morgan fingerprint density at radius 2 is 2.17 bits per heavy atom. The van der Waals surface area contributed by atoms with Gasteiger partial charge in [0.15, 0.2) is 0 Å². The highest BCUT2D eigenvalue weighted by atomic mass is 35.5. The zero-order chi connectivity index (χ0) is 9.56. The molecule has 0 aromatic heterocycles. The highest BCUT2D eigenvalue weighted by Crippen LogP contribution is 2.06. The zero-order valence-corrected chi connectivity index (χ0v) is 7.87. The van der Waals surface area contributed by atoms with Gasteiger partial charge in [-0.2, -0.15) is 0 Å². The summed E-state index contributed by atoms with van der Waals surface area (Å²) in [5.74, 6) is 0.0849. The van der Waals surface area contributed by atoms with Crippen LogP contribution >= 0.6 is 23.2 Å². The Kier molecular flexibility index (Phi) is 5.49. The SMILES string of the molecule is C/C(Cl)=C(/CCl)NC(=O)NC=O. The number of carbonyl (C=O) groups excluding carboxylic acids is 2. The lowest BCUT2D eigenvalue weighted by Crippen LogP contribution is -2.34. The van der Waals surface area contributed by atoms with Crippen LogP contribution in [0.4, 0.5) is 4.79 Å². The van der Waals surface area contributed by atoms with Gasteiger partial charge < -0.3 is 5.32 Å². The quantitative estimate of drug-likeness (QED) is 0.543. The number of hydrogen-bond acceptors (Lipinski definition) is 2. The molecule has 0 rings (SSSR count). The minimum atomic E-state index is -0.652. The number of carbonyl (C=O) groups is 2. The smallest absolute Gasteiger partial charge is 0.309 e. The van der Waals surface area contributed by atoms with Crippen molar-refractivity contribution in [3.63, 3.8) is 0 Å². The van der Waals surface area contributed by atoms with Gasteiger partial charge in [-0.1, -0.05) is 11.6 Å². The maximum Gasteiger partial charge on any atom is 0.325 e. The number of imide groups is 1. The van der Waals surface area contributed by atoms with E-state index in [1.54, 1.807) is 6.92 Å². The number of nitrogens with one attached hydrogen (secondary N) is 2. The Labute approximate surface area is 79.9 Å². The van der Waals surface area contributed by atoms with Crippen molar-refractivity contribution in [1.82, 2.24) is 10.6 Å². The molecule has 0 unspecified atom stereocenters. The molecule has 0 aliphatic carbocycles. The summed E-state index contributed by atoms with van der Waals surface area (Å²) in [4.78, 5) is 20.5. The number of halogens is 2. The summed E-state index contributed by atoms with van der Waals surface area (Å²) in [6.07, 6.45) is 0.269. The van der Waals surface area contributed by atoms with Crippen LogP contribution in [0, 0.1) is 0 Å². The Balaban J connectivity index is 4.13. The summed E-state index contributed by atoms with van der Waals surface area (Å²) in [5.41, 5.74) is 0.373. The van der Waals surface area contributed by atoms with Gasteiger partial charge in [0.25, 0.3) is 0 Å². The summed E-state index contributed by atoms with van der Waals surface area (Å²) >= 11 is 11.0. The third kappa shape index (κ3) is 4.20. The predicted octanol–water partition coefficient (Wildman–Crippen LogP) is 1.15. The molecule has 0 fully saturated rings. The van der Waals surface area contributed by atoms with Crippen LogP contribution in [0.5, 0.6) is 0 Å². The molecule has 0 aromatic rings. The van der Waals surface area contributed by atoms with Crippen molar-refractivity contribution in [1.29, 1.82) is 0 Å². The van der Waals surface area contributed by atoms with Crippen molar-refractivity contribution in [2.45, 2.75) is 6.92 Å². The minimum absolute atomic E-state index is 0.0849. The fourth-order valence-corrected chi connectivity index (χ4v) is 0.888. The van der Waals surface area contributed by atoms with E-state index in [1.807, 2.05) is 5.32 Å². The maximum atomic E-state index is 10.7. The molecule has 0 aliphatic heterocycles. The molecule has 0 atom stereocenters. The number of allylic oxidation sites excluding steroid dienone is 2. The van der Waals surface area contributed by atoms with Crippen LogP contribution < -0.4 is 10.6 Å². The van der Waals surface area contributed by atoms with Gasteiger partial charge in [0.1, 0.15) is 0 Å². The van der Waals surface area contributed by atoms with Crippen LogP contribution in [0.1, 0.15) is 6.92 Å². The van der Waals surface area contributed by atoms with Gasteiger partial charge in [-0.25, -0.2) is 4.79 Å². The molecule has 0 radical (unpaired) electrons. The Hall–Kier alpha value is -0.740. The molecule has 2 N–H and O–H groups in total. The first-order chi connectivity index (χ1) is 5.61. The topological polar surface area (TPSA) is 58.2 Å². The highest BCUT2D eigenvalue weighted by molar-refractivity contribution is 6.30. The first kappa shape index (κ1) is 11.3. The Morgan fingerprint density at radius 1 is 1.58 bits per heavy atom. The number of rotatable bonds is 3. The van der Waals surface area contributed by atoms with Crippen molar-refractivity contribution < 1.29 is 9.59 Å². The van der Waals surface area contributed by atoms with E-state index >= 15 is 0 Å². The second kappa shape index (κ2) is 5.85. The molecule has 0 saturated heterocycles. The monoisotopic (exact) mass is 210 g/mol. The van der Waals surface area contributed by atoms with Gasteiger partial charge in [0, 0.05) is 10.7 Å². The normalized spacial score (nSPS) is 11.6. The van der Waals surface area contributed by atoms with Crippen molar-refractivity contribution >= 4 is 35.6 Å². The minimum Gasteiger partial charge on any atom is -0.309 e. The van der Waals surface area contributed by atoms with E-state index in [2.05, 4.69) is 5.32 Å². The number of urea groups is 1. The molecule has 0 aromatic carbocycles. The van der Waals surface area contributed by atoms with Crippen LogP contribution in [-0.2, 0) is 4.79 Å². The van der Waals surface area contributed by atoms with Gasteiger partial charge in [0.05, 0.1) is 5.88 Å². The molecule has 68 valence electrons. The van der Waals surface area contributed by atoms with Gasteiger partial charge in [0.2, 0.25) is 6.41 Å². The molecule has 0 heterocycles. The Morgan fingerprint density at radius 3 is 2.50 bits per heavy atom. The first-order valence-electron chi connectivity index (χ1n) is 3.04. The summed E-state index contributed by atoms with van der Waals surface area (Å²) < 4.78 is 0. The summed E-state index contributed by atoms with van der Waals surface area (Å²) in [5, 5.41) is 4.57. The molecule has 0 saturated carbocycles. The van der Waals surface area contributed by atoms with E-state index in [1.165, 1.54) is 0 Å². The van der Waals surface area contributed by atoms with Crippen LogP contribution in [0.15, 0.2) is 10.7 Å². The third-order valence-electron chi connectivity index (χ3n) is 1.00. The molecule has 3 amide bonds. The van der Waals surface area contributed by atoms with E-state index in [4.69, 9.17) is 23.2 Å². The maximum absolute atomic E-state index is 10.7. The summed E-state index contributed by atoms with van der Waals surface area (Å²) in [6.45, 7) is 1.58. The van der Waals surface area contributed by atoms with E-state index < -0.39 is 6.03 Å². The highest BCUT2D eigenvalue weighted by Gasteiger charge is 2.03. The van der Waals surface area contributed by atoms with Crippen molar-refractivity contribution in [2.24, 2.45) is 0 Å².